The first-order valence-corrected chi connectivity index (χ1v) is 24.6. The largest absolute Gasteiger partial charge is 0.417 e. The summed E-state index contributed by atoms with van der Waals surface area (Å²) in [6, 6.07) is 25.6. The van der Waals surface area contributed by atoms with E-state index in [1.807, 2.05) is 88.4 Å². The van der Waals surface area contributed by atoms with Crippen molar-refractivity contribution in [2.45, 2.75) is 97.4 Å². The molecule has 0 spiro atoms. The number of aromatic nitrogens is 1. The number of aliphatic hydroxyl groups excluding tert-OH is 1. The van der Waals surface area contributed by atoms with Gasteiger partial charge in [-0.3, -0.25) is 24.1 Å². The molecule has 3 heterocycles. The average molecular weight is 1020 g/mol. The normalized spacial score (nSPS) is 17.3. The summed E-state index contributed by atoms with van der Waals surface area (Å²) in [5.41, 5.74) is 4.19. The summed E-state index contributed by atoms with van der Waals surface area (Å²) in [5, 5.41) is 25.5. The van der Waals surface area contributed by atoms with Crippen LogP contribution >= 0.6 is 23.6 Å². The molecular formula is C53H56F3N7O7S2. The van der Waals surface area contributed by atoms with E-state index in [0.717, 1.165) is 55.4 Å². The maximum Gasteiger partial charge on any atom is 0.417 e. The zero-order valence-electron chi connectivity index (χ0n) is 40.7. The highest BCUT2D eigenvalue weighted by Gasteiger charge is 2.51. The van der Waals surface area contributed by atoms with Gasteiger partial charge in [0.15, 0.2) is 5.11 Å². The minimum atomic E-state index is -4.80. The van der Waals surface area contributed by atoms with Crippen molar-refractivity contribution in [2.24, 2.45) is 5.41 Å². The van der Waals surface area contributed by atoms with E-state index in [4.69, 9.17) is 21.7 Å². The molecule has 72 heavy (non-hydrogen) atoms. The summed E-state index contributed by atoms with van der Waals surface area (Å²) in [6.07, 6.45) is -5.12. The van der Waals surface area contributed by atoms with Gasteiger partial charge >= 0.3 is 6.18 Å². The standard InChI is InChI=1S/C53H56F3N7O7S2/c1-32-45(72-31-59-32)37-14-8-33(9-15-37)27-58-47(66)43-25-41(64)28-61(43)48(67)46(51(2,3)4)60-44(65)30-70-23-7-22-69-29-34-10-12-35(13-11-34)36-16-19-39(20-17-36)63-50(71)62(49(68)52(63,5)6)40-21-18-38(26-57)42(24-40)53(54,55)56/h8-21,24,31,41,43,46,64H,7,22-23,25,27-30H2,1-6H3,(H,58,66)(H,60,65)/t41-,43+,46-/m1/s1. The number of carbonyl (C=O) groups is 4. The number of benzene rings is 4. The van der Waals surface area contributed by atoms with Gasteiger partial charge < -0.3 is 35.0 Å². The zero-order valence-corrected chi connectivity index (χ0v) is 42.3. The van der Waals surface area contributed by atoms with Crippen LogP contribution in [0.2, 0.25) is 0 Å². The van der Waals surface area contributed by atoms with Crippen molar-refractivity contribution in [3.63, 3.8) is 0 Å². The Hall–Kier alpha value is -6.56. The number of thiocarbonyl (C=S) groups is 1. The summed E-state index contributed by atoms with van der Waals surface area (Å²) in [7, 11) is 0. The molecule has 3 N–H and O–H groups in total. The van der Waals surface area contributed by atoms with Crippen molar-refractivity contribution in [1.82, 2.24) is 20.5 Å². The van der Waals surface area contributed by atoms with Gasteiger partial charge in [0, 0.05) is 38.4 Å². The summed E-state index contributed by atoms with van der Waals surface area (Å²) in [6.45, 7) is 11.5. The van der Waals surface area contributed by atoms with Gasteiger partial charge in [-0.25, -0.2) is 4.98 Å². The number of hydrogen-bond acceptors (Lipinski definition) is 11. The minimum Gasteiger partial charge on any atom is -0.391 e. The van der Waals surface area contributed by atoms with Crippen LogP contribution in [0.5, 0.6) is 0 Å². The van der Waals surface area contributed by atoms with Crippen LogP contribution in [-0.4, -0.2) is 93.8 Å². The molecule has 14 nitrogen and oxygen atoms in total. The fraction of sp³-hybridized carbons (Fsp3) is 0.377. The van der Waals surface area contributed by atoms with E-state index in [2.05, 4.69) is 15.6 Å². The molecule has 2 saturated heterocycles. The second kappa shape index (κ2) is 22.1. The Kier molecular flexibility index (Phi) is 16.3. The van der Waals surface area contributed by atoms with Crippen LogP contribution < -0.4 is 20.4 Å². The lowest BCUT2D eigenvalue weighted by molar-refractivity contribution is -0.144. The molecule has 0 radical (unpaired) electrons. The molecule has 378 valence electrons. The lowest BCUT2D eigenvalue weighted by atomic mass is 9.85. The molecule has 0 saturated carbocycles. The van der Waals surface area contributed by atoms with Crippen molar-refractivity contribution >= 4 is 63.7 Å². The molecule has 5 aromatic rings. The smallest absolute Gasteiger partial charge is 0.391 e. The Morgan fingerprint density at radius 2 is 1.54 bits per heavy atom. The van der Waals surface area contributed by atoms with Gasteiger partial charge in [-0.2, -0.15) is 18.4 Å². The fourth-order valence-electron chi connectivity index (χ4n) is 8.66. The van der Waals surface area contributed by atoms with Crippen LogP contribution in [0.3, 0.4) is 0 Å². The summed E-state index contributed by atoms with van der Waals surface area (Å²) in [5.74, 6) is -1.86. The first-order chi connectivity index (χ1) is 34.1. The Bertz CT molecular complexity index is 2840. The Labute approximate surface area is 425 Å². The molecule has 2 fully saturated rings. The SMILES string of the molecule is Cc1ncsc1-c1ccc(CNC(=O)[C@@H]2C[C@@H](O)CN2C(=O)[C@@H](NC(=O)COCCCOCc2ccc(-c3ccc(N4C(=S)N(c5ccc(C#N)c(C(F)(F)F)c5)C(=O)C4(C)C)cc3)cc2)C(C)(C)C)cc1. The molecule has 0 unspecified atom stereocenters. The number of nitriles is 1. The Morgan fingerprint density at radius 1 is 0.931 bits per heavy atom. The number of ether oxygens (including phenoxy) is 2. The van der Waals surface area contributed by atoms with Gasteiger partial charge in [0.1, 0.15) is 24.2 Å². The number of amides is 4. The molecule has 4 aromatic carbocycles. The van der Waals surface area contributed by atoms with E-state index < -0.39 is 70.1 Å². The third-order valence-corrected chi connectivity index (χ3v) is 13.9. The Morgan fingerprint density at radius 3 is 2.15 bits per heavy atom. The first kappa shape index (κ1) is 53.2. The number of β-amino-alcohol motifs (C(OH)–C–C–N with tert-alkyl or cyclic N) is 1. The second-order valence-electron chi connectivity index (χ2n) is 19.3. The molecule has 7 rings (SSSR count). The van der Waals surface area contributed by atoms with Gasteiger partial charge in [-0.1, -0.05) is 81.4 Å². The molecule has 2 aliphatic heterocycles. The van der Waals surface area contributed by atoms with E-state index in [-0.39, 0.29) is 43.5 Å². The molecule has 0 bridgehead atoms. The van der Waals surface area contributed by atoms with E-state index in [9.17, 15) is 42.7 Å². The number of thiazole rings is 1. The van der Waals surface area contributed by atoms with Crippen LogP contribution in [0.1, 0.15) is 75.4 Å². The number of carbonyl (C=O) groups excluding carboxylic acids is 4. The number of halogens is 3. The van der Waals surface area contributed by atoms with E-state index in [1.54, 1.807) is 53.8 Å². The van der Waals surface area contributed by atoms with Crippen molar-refractivity contribution in [1.29, 1.82) is 5.26 Å². The van der Waals surface area contributed by atoms with Crippen LogP contribution in [0.25, 0.3) is 21.6 Å². The predicted octanol–water partition coefficient (Wildman–Crippen LogP) is 8.33. The van der Waals surface area contributed by atoms with Crippen LogP contribution in [0.15, 0.2) is 96.5 Å². The van der Waals surface area contributed by atoms with Gasteiger partial charge in [0.25, 0.3) is 5.91 Å². The number of likely N-dealkylation sites (tertiary alicyclic amines) is 1. The number of nitrogens with one attached hydrogen (secondary N) is 2. The van der Waals surface area contributed by atoms with E-state index >= 15 is 0 Å². The number of nitrogens with zero attached hydrogens (tertiary/aromatic N) is 5. The lowest BCUT2D eigenvalue weighted by Crippen LogP contribution is -2.58. The average Bonchev–Trinajstić information content (AvgIpc) is 4.01. The zero-order chi connectivity index (χ0) is 52.1. The van der Waals surface area contributed by atoms with E-state index in [0.29, 0.717) is 25.3 Å². The molecule has 4 amide bonds. The number of aliphatic hydroxyl groups is 1. The monoisotopic (exact) mass is 1020 g/mol. The van der Waals surface area contributed by atoms with Crippen LogP contribution in [0.4, 0.5) is 24.5 Å². The third kappa shape index (κ3) is 12.0. The first-order valence-electron chi connectivity index (χ1n) is 23.3. The Balaban J connectivity index is 0.841. The van der Waals surface area contributed by atoms with Crippen molar-refractivity contribution in [2.75, 3.05) is 36.2 Å². The number of alkyl halides is 3. The number of anilines is 2. The third-order valence-electron chi connectivity index (χ3n) is 12.6. The summed E-state index contributed by atoms with van der Waals surface area (Å²) in [4.78, 5) is 63.6. The lowest BCUT2D eigenvalue weighted by Gasteiger charge is -2.35. The van der Waals surface area contributed by atoms with Crippen molar-refractivity contribution < 1.29 is 46.9 Å². The molecule has 3 atom stereocenters. The van der Waals surface area contributed by atoms with Crippen molar-refractivity contribution in [3.8, 4) is 27.6 Å². The second-order valence-corrected chi connectivity index (χ2v) is 20.5. The van der Waals surface area contributed by atoms with Crippen LogP contribution in [0, 0.1) is 23.7 Å². The maximum atomic E-state index is 14.0. The summed E-state index contributed by atoms with van der Waals surface area (Å²) >= 11 is 7.23. The highest BCUT2D eigenvalue weighted by Crippen LogP contribution is 2.40. The predicted molar refractivity (Wildman–Crippen MR) is 271 cm³/mol. The van der Waals surface area contributed by atoms with Gasteiger partial charge in [0.05, 0.1) is 51.7 Å². The van der Waals surface area contributed by atoms with Crippen molar-refractivity contribution in [3.05, 3.63) is 124 Å². The quantitative estimate of drug-likeness (QED) is 0.0603. The van der Waals surface area contributed by atoms with Gasteiger partial charge in [-0.15, -0.1) is 11.3 Å². The highest BCUT2D eigenvalue weighted by molar-refractivity contribution is 7.81. The summed E-state index contributed by atoms with van der Waals surface area (Å²) < 4.78 is 52.8. The van der Waals surface area contributed by atoms with Gasteiger partial charge in [-0.05, 0) is 103 Å². The maximum absolute atomic E-state index is 14.0. The molecule has 0 aliphatic carbocycles. The molecule has 19 heteroatoms. The van der Waals surface area contributed by atoms with E-state index in [1.165, 1.54) is 11.0 Å². The topological polar surface area (TPSA) is 177 Å². The minimum absolute atomic E-state index is 0.00560. The number of rotatable bonds is 17. The highest BCUT2D eigenvalue weighted by atomic mass is 32.1. The van der Waals surface area contributed by atoms with Gasteiger partial charge in [0.2, 0.25) is 17.7 Å². The van der Waals surface area contributed by atoms with Crippen LogP contribution in [-0.2, 0) is 48.0 Å². The number of aryl methyl sites for hydroxylation is 1. The fourth-order valence-corrected chi connectivity index (χ4v) is 9.99. The molecular weight excluding hydrogens is 968 g/mol. The molecule has 2 aliphatic rings. The molecule has 1 aromatic heterocycles. The number of hydrogen-bond donors (Lipinski definition) is 3.